The third-order valence-electron chi connectivity index (χ3n) is 3.26. The molecule has 1 aromatic rings. The van der Waals surface area contributed by atoms with Crippen LogP contribution in [0.25, 0.3) is 0 Å². The second kappa shape index (κ2) is 7.98. The van der Waals surface area contributed by atoms with Crippen LogP contribution in [0, 0.1) is 5.82 Å². The molecule has 1 saturated heterocycles. The molecule has 126 valence electrons. The molecule has 0 bridgehead atoms. The van der Waals surface area contributed by atoms with Gasteiger partial charge in [0.25, 0.3) is 0 Å². The average Bonchev–Trinajstić information content (AvgIpc) is 2.51. The maximum absolute atomic E-state index is 13.7. The van der Waals surface area contributed by atoms with Gasteiger partial charge in [-0.05, 0) is 6.07 Å². The summed E-state index contributed by atoms with van der Waals surface area (Å²) in [5.74, 6) is -1.67. The molecule has 23 heavy (non-hydrogen) atoms. The number of ether oxygens (including phenoxy) is 1. The first-order valence-electron chi connectivity index (χ1n) is 7.06. The number of anilines is 2. The van der Waals surface area contributed by atoms with Gasteiger partial charge >= 0.3 is 12.0 Å². The number of morpholine rings is 1. The van der Waals surface area contributed by atoms with E-state index in [0.29, 0.717) is 32.0 Å². The number of benzene rings is 1. The lowest BCUT2D eigenvalue weighted by Crippen LogP contribution is -2.37. The molecule has 0 radical (unpaired) electrons. The zero-order chi connectivity index (χ0) is 16.8. The normalized spacial score (nSPS) is 14.4. The lowest BCUT2D eigenvalue weighted by molar-refractivity contribution is -0.136. The van der Waals surface area contributed by atoms with Crippen molar-refractivity contribution in [3.05, 3.63) is 23.0 Å². The number of amides is 2. The van der Waals surface area contributed by atoms with Crippen LogP contribution in [0.5, 0.6) is 0 Å². The topological polar surface area (TPSA) is 90.9 Å². The van der Waals surface area contributed by atoms with E-state index in [2.05, 4.69) is 10.6 Å². The Balaban J connectivity index is 2.11. The predicted octanol–water partition coefficient (Wildman–Crippen LogP) is 1.91. The zero-order valence-electron chi connectivity index (χ0n) is 12.3. The van der Waals surface area contributed by atoms with Gasteiger partial charge in [0, 0.05) is 25.7 Å². The van der Waals surface area contributed by atoms with E-state index in [9.17, 15) is 14.0 Å². The Kier molecular flexibility index (Phi) is 6.00. The molecule has 0 aliphatic carbocycles. The summed E-state index contributed by atoms with van der Waals surface area (Å²) in [4.78, 5) is 24.2. The minimum Gasteiger partial charge on any atom is -0.481 e. The highest BCUT2D eigenvalue weighted by molar-refractivity contribution is 6.31. The molecule has 7 nitrogen and oxygen atoms in total. The highest BCUT2D eigenvalue weighted by Gasteiger charge is 2.18. The molecule has 2 amide bonds. The maximum Gasteiger partial charge on any atom is 0.319 e. The van der Waals surface area contributed by atoms with Crippen LogP contribution in [0.1, 0.15) is 6.42 Å². The fraction of sp³-hybridized carbons (Fsp3) is 0.429. The Morgan fingerprint density at radius 3 is 2.70 bits per heavy atom. The number of carboxylic acids is 1. The Morgan fingerprint density at radius 1 is 1.35 bits per heavy atom. The molecule has 1 aliphatic heterocycles. The van der Waals surface area contributed by atoms with Crippen LogP contribution >= 0.6 is 11.6 Å². The van der Waals surface area contributed by atoms with Gasteiger partial charge in [0.15, 0.2) is 0 Å². The molecule has 0 spiro atoms. The Labute approximate surface area is 137 Å². The van der Waals surface area contributed by atoms with E-state index in [1.165, 1.54) is 6.07 Å². The number of aliphatic carboxylic acids is 1. The summed E-state index contributed by atoms with van der Waals surface area (Å²) in [6.07, 6.45) is -0.196. The number of hydrogen-bond donors (Lipinski definition) is 3. The smallest absolute Gasteiger partial charge is 0.319 e. The van der Waals surface area contributed by atoms with Crippen molar-refractivity contribution in [3.8, 4) is 0 Å². The van der Waals surface area contributed by atoms with E-state index in [1.807, 2.05) is 4.90 Å². The summed E-state index contributed by atoms with van der Waals surface area (Å²) < 4.78 is 19.0. The summed E-state index contributed by atoms with van der Waals surface area (Å²) in [5, 5.41) is 13.4. The molecule has 2 rings (SSSR count). The van der Waals surface area contributed by atoms with Crippen molar-refractivity contribution in [1.82, 2.24) is 5.32 Å². The first kappa shape index (κ1) is 17.3. The van der Waals surface area contributed by atoms with E-state index >= 15 is 0 Å². The van der Waals surface area contributed by atoms with Crippen molar-refractivity contribution >= 4 is 35.0 Å². The second-order valence-corrected chi connectivity index (χ2v) is 5.31. The third kappa shape index (κ3) is 4.97. The second-order valence-electron chi connectivity index (χ2n) is 4.91. The molecule has 9 heteroatoms. The van der Waals surface area contributed by atoms with Crippen LogP contribution in [0.2, 0.25) is 5.02 Å². The molecule has 3 N–H and O–H groups in total. The molecular weight excluding hydrogens is 329 g/mol. The fourth-order valence-electron chi connectivity index (χ4n) is 2.15. The van der Waals surface area contributed by atoms with Crippen LogP contribution < -0.4 is 15.5 Å². The largest absolute Gasteiger partial charge is 0.481 e. The van der Waals surface area contributed by atoms with Gasteiger partial charge in [0.05, 0.1) is 36.0 Å². The van der Waals surface area contributed by atoms with Crippen molar-refractivity contribution < 1.29 is 23.8 Å². The standard InChI is InChI=1S/C14H17ClFN3O4/c15-9-7-12(19-3-5-23-6-4-19)11(8-10(9)16)18-14(22)17-2-1-13(20)21/h7-8H,1-6H2,(H,20,21)(H2,17,18,22). The van der Waals surface area contributed by atoms with Crippen LogP contribution in [-0.4, -0.2) is 50.0 Å². The highest BCUT2D eigenvalue weighted by Crippen LogP contribution is 2.32. The number of nitrogens with one attached hydrogen (secondary N) is 2. The van der Waals surface area contributed by atoms with Gasteiger partial charge in [-0.1, -0.05) is 11.6 Å². The van der Waals surface area contributed by atoms with E-state index in [4.69, 9.17) is 21.4 Å². The summed E-state index contributed by atoms with van der Waals surface area (Å²) in [7, 11) is 0. The molecule has 0 atom stereocenters. The van der Waals surface area contributed by atoms with Crippen molar-refractivity contribution in [1.29, 1.82) is 0 Å². The maximum atomic E-state index is 13.7. The monoisotopic (exact) mass is 345 g/mol. The van der Waals surface area contributed by atoms with Crippen LogP contribution in [0.4, 0.5) is 20.6 Å². The first-order chi connectivity index (χ1) is 11.0. The number of hydrogen-bond acceptors (Lipinski definition) is 4. The SMILES string of the molecule is O=C(O)CCNC(=O)Nc1cc(F)c(Cl)cc1N1CCOCC1. The number of rotatable bonds is 5. The number of carbonyl (C=O) groups is 2. The van der Waals surface area contributed by atoms with Gasteiger partial charge in [0.1, 0.15) is 5.82 Å². The van der Waals surface area contributed by atoms with Crippen LogP contribution in [0.3, 0.4) is 0 Å². The van der Waals surface area contributed by atoms with Crippen molar-refractivity contribution in [2.24, 2.45) is 0 Å². The van der Waals surface area contributed by atoms with Gasteiger partial charge in [-0.25, -0.2) is 9.18 Å². The quantitative estimate of drug-likeness (QED) is 0.758. The third-order valence-corrected chi connectivity index (χ3v) is 3.55. The number of carbonyl (C=O) groups excluding carboxylic acids is 1. The molecule has 1 aliphatic rings. The van der Waals surface area contributed by atoms with Crippen LogP contribution in [0.15, 0.2) is 12.1 Å². The number of carboxylic acid groups (broad SMARTS) is 1. The summed E-state index contributed by atoms with van der Waals surface area (Å²) in [6, 6.07) is 1.99. The molecule has 0 aromatic heterocycles. The number of nitrogens with zero attached hydrogens (tertiary/aromatic N) is 1. The summed E-state index contributed by atoms with van der Waals surface area (Å²) >= 11 is 5.83. The van der Waals surface area contributed by atoms with E-state index in [0.717, 1.165) is 6.07 Å². The van der Waals surface area contributed by atoms with E-state index in [-0.39, 0.29) is 23.7 Å². The van der Waals surface area contributed by atoms with Gasteiger partial charge in [-0.15, -0.1) is 0 Å². The average molecular weight is 346 g/mol. The molecule has 0 saturated carbocycles. The van der Waals surface area contributed by atoms with Crippen molar-refractivity contribution in [2.45, 2.75) is 6.42 Å². The molecule has 0 unspecified atom stereocenters. The summed E-state index contributed by atoms with van der Waals surface area (Å²) in [5.41, 5.74) is 0.856. The van der Waals surface area contributed by atoms with Gasteiger partial charge in [0.2, 0.25) is 0 Å². The predicted molar refractivity (Wildman–Crippen MR) is 83.7 cm³/mol. The van der Waals surface area contributed by atoms with Crippen LogP contribution in [-0.2, 0) is 9.53 Å². The number of halogens is 2. The Bertz CT molecular complexity index is 594. The van der Waals surface area contributed by atoms with Crippen molar-refractivity contribution in [3.63, 3.8) is 0 Å². The van der Waals surface area contributed by atoms with E-state index in [1.54, 1.807) is 0 Å². The minimum atomic E-state index is -1.02. The molecular formula is C14H17ClFN3O4. The Hall–Kier alpha value is -2.06. The highest BCUT2D eigenvalue weighted by atomic mass is 35.5. The van der Waals surface area contributed by atoms with Gasteiger partial charge < -0.3 is 25.4 Å². The van der Waals surface area contributed by atoms with Gasteiger partial charge in [-0.3, -0.25) is 4.79 Å². The van der Waals surface area contributed by atoms with Crippen molar-refractivity contribution in [2.75, 3.05) is 43.1 Å². The number of urea groups is 1. The lowest BCUT2D eigenvalue weighted by atomic mass is 10.2. The zero-order valence-corrected chi connectivity index (χ0v) is 13.0. The van der Waals surface area contributed by atoms with E-state index < -0.39 is 17.8 Å². The van der Waals surface area contributed by atoms with Gasteiger partial charge in [-0.2, -0.15) is 0 Å². The summed E-state index contributed by atoms with van der Waals surface area (Å²) in [6.45, 7) is 2.22. The first-order valence-corrected chi connectivity index (χ1v) is 7.43. The Morgan fingerprint density at radius 2 is 2.04 bits per heavy atom. The molecule has 1 aromatic carbocycles. The minimum absolute atomic E-state index is 0.0237. The lowest BCUT2D eigenvalue weighted by Gasteiger charge is -2.30. The molecule has 1 heterocycles. The molecule has 1 fully saturated rings. The fourth-order valence-corrected chi connectivity index (χ4v) is 2.31.